The normalized spacial score (nSPS) is 29.7. The van der Waals surface area contributed by atoms with Crippen molar-refractivity contribution in [2.45, 2.75) is 69.9 Å². The molecule has 0 amide bonds. The van der Waals surface area contributed by atoms with Gasteiger partial charge in [0.1, 0.15) is 0 Å². The Labute approximate surface area is 157 Å². The number of benzene rings is 1. The molecule has 2 aliphatic heterocycles. The molecule has 3 rings (SSSR count). The second-order valence-electron chi connectivity index (χ2n) is 8.07. The Kier molecular flexibility index (Phi) is 7.64. The van der Waals surface area contributed by atoms with Gasteiger partial charge < -0.3 is 9.47 Å². The van der Waals surface area contributed by atoms with E-state index in [0.717, 1.165) is 24.7 Å². The van der Waals surface area contributed by atoms with E-state index in [1.165, 1.54) is 55.9 Å². The van der Waals surface area contributed by atoms with Crippen molar-refractivity contribution in [1.29, 1.82) is 0 Å². The average Bonchev–Trinajstić information content (AvgIpc) is 2.68. The van der Waals surface area contributed by atoms with Crippen molar-refractivity contribution in [3.8, 4) is 0 Å². The van der Waals surface area contributed by atoms with Gasteiger partial charge in [0.05, 0.1) is 13.2 Å². The summed E-state index contributed by atoms with van der Waals surface area (Å²) in [4.78, 5) is 0. The molecule has 146 valence electrons. The minimum absolute atomic E-state index is 0.213. The van der Waals surface area contributed by atoms with Gasteiger partial charge in [0.15, 0.2) is 17.9 Å². The molecular formula is C21H32F2O2Si. The Morgan fingerprint density at radius 2 is 1.77 bits per heavy atom. The largest absolute Gasteiger partial charge is 0.352 e. The quantitative estimate of drug-likeness (QED) is 0.594. The van der Waals surface area contributed by atoms with Gasteiger partial charge in [0.2, 0.25) is 0 Å². The zero-order valence-corrected chi connectivity index (χ0v) is 17.0. The first-order chi connectivity index (χ1) is 12.7. The lowest BCUT2D eigenvalue weighted by molar-refractivity contribution is -0.210. The third-order valence-electron chi connectivity index (χ3n) is 6.17. The molecule has 0 saturated carbocycles. The summed E-state index contributed by atoms with van der Waals surface area (Å²) in [5, 5.41) is 0. The van der Waals surface area contributed by atoms with Crippen LogP contribution in [0, 0.1) is 23.5 Å². The Bertz CT molecular complexity index is 553. The first kappa shape index (κ1) is 20.0. The van der Waals surface area contributed by atoms with Gasteiger partial charge in [-0.25, -0.2) is 8.78 Å². The van der Waals surface area contributed by atoms with Crippen molar-refractivity contribution >= 4 is 8.80 Å². The molecule has 2 nitrogen and oxygen atoms in total. The zero-order valence-electron chi connectivity index (χ0n) is 15.9. The topological polar surface area (TPSA) is 18.5 Å². The van der Waals surface area contributed by atoms with Gasteiger partial charge >= 0.3 is 0 Å². The molecule has 2 saturated heterocycles. The lowest BCUT2D eigenvalue weighted by Gasteiger charge is -2.37. The SMILES string of the molecule is CCCC[SiH]1CCC(C2COC(CCc3ccc(F)c(F)c3)OC2)CC1. The fourth-order valence-corrected chi connectivity index (χ4v) is 8.07. The lowest BCUT2D eigenvalue weighted by atomic mass is 9.88. The van der Waals surface area contributed by atoms with E-state index in [-0.39, 0.29) is 6.29 Å². The van der Waals surface area contributed by atoms with E-state index in [1.54, 1.807) is 6.07 Å². The number of hydrogen-bond acceptors (Lipinski definition) is 2. The predicted octanol–water partition coefficient (Wildman–Crippen LogP) is 5.32. The maximum atomic E-state index is 13.3. The van der Waals surface area contributed by atoms with Crippen molar-refractivity contribution in [3.63, 3.8) is 0 Å². The van der Waals surface area contributed by atoms with Gasteiger partial charge in [0, 0.05) is 21.1 Å². The summed E-state index contributed by atoms with van der Waals surface area (Å²) in [6, 6.07) is 8.62. The third-order valence-corrected chi connectivity index (χ3v) is 9.69. The molecule has 0 radical (unpaired) electrons. The van der Waals surface area contributed by atoms with Gasteiger partial charge in [-0.05, 0) is 30.0 Å². The minimum atomic E-state index is -0.797. The fraction of sp³-hybridized carbons (Fsp3) is 0.714. The van der Waals surface area contributed by atoms with Crippen LogP contribution in [0.4, 0.5) is 8.78 Å². The second-order valence-corrected chi connectivity index (χ2v) is 11.5. The minimum Gasteiger partial charge on any atom is -0.352 e. The van der Waals surface area contributed by atoms with E-state index >= 15 is 0 Å². The third kappa shape index (κ3) is 5.60. The molecule has 2 fully saturated rings. The number of unbranched alkanes of at least 4 members (excludes halogenated alkanes) is 1. The van der Waals surface area contributed by atoms with Gasteiger partial charge in [-0.15, -0.1) is 0 Å². The fourth-order valence-electron chi connectivity index (χ4n) is 4.42. The highest BCUT2D eigenvalue weighted by Crippen LogP contribution is 2.35. The van der Waals surface area contributed by atoms with Gasteiger partial charge in [0.25, 0.3) is 0 Å². The van der Waals surface area contributed by atoms with Crippen LogP contribution in [0.1, 0.15) is 44.6 Å². The Morgan fingerprint density at radius 1 is 1.04 bits per heavy atom. The van der Waals surface area contributed by atoms with E-state index in [4.69, 9.17) is 9.47 Å². The van der Waals surface area contributed by atoms with E-state index in [9.17, 15) is 8.78 Å². The monoisotopic (exact) mass is 382 g/mol. The Hall–Kier alpha value is -0.783. The molecule has 2 heterocycles. The number of ether oxygens (including phenoxy) is 2. The summed E-state index contributed by atoms with van der Waals surface area (Å²) in [6.45, 7) is 3.86. The average molecular weight is 383 g/mol. The van der Waals surface area contributed by atoms with Crippen LogP contribution in [0.5, 0.6) is 0 Å². The summed E-state index contributed by atoms with van der Waals surface area (Å²) in [7, 11) is -0.442. The highest BCUT2D eigenvalue weighted by Gasteiger charge is 2.32. The summed E-state index contributed by atoms with van der Waals surface area (Å²) >= 11 is 0. The first-order valence-electron chi connectivity index (χ1n) is 10.3. The standard InChI is InChI=1S/C21H32F2O2Si/c1-2-3-10-26-11-8-17(9-12-26)18-14-24-21(25-15-18)7-5-16-4-6-19(22)20(23)13-16/h4,6,13,17-18,21,26H,2-3,5,7-12,14-15H2,1H3. The van der Waals surface area contributed by atoms with Crippen LogP contribution in [-0.2, 0) is 15.9 Å². The molecule has 0 bridgehead atoms. The molecule has 1 aromatic carbocycles. The highest BCUT2D eigenvalue weighted by molar-refractivity contribution is 6.58. The molecule has 1 aromatic rings. The predicted molar refractivity (Wildman–Crippen MR) is 103 cm³/mol. The lowest BCUT2D eigenvalue weighted by Crippen LogP contribution is -2.38. The van der Waals surface area contributed by atoms with Crippen molar-refractivity contribution in [2.75, 3.05) is 13.2 Å². The molecule has 0 unspecified atom stereocenters. The van der Waals surface area contributed by atoms with E-state index in [0.29, 0.717) is 18.8 Å². The van der Waals surface area contributed by atoms with E-state index < -0.39 is 20.4 Å². The molecule has 0 N–H and O–H groups in total. The highest BCUT2D eigenvalue weighted by atomic mass is 28.3. The molecule has 26 heavy (non-hydrogen) atoms. The van der Waals surface area contributed by atoms with Crippen LogP contribution in [0.25, 0.3) is 0 Å². The number of aryl methyl sites for hydroxylation is 1. The van der Waals surface area contributed by atoms with Crippen LogP contribution in [0.15, 0.2) is 18.2 Å². The smallest absolute Gasteiger partial charge is 0.159 e. The van der Waals surface area contributed by atoms with Crippen molar-refractivity contribution in [3.05, 3.63) is 35.4 Å². The number of halogens is 2. The summed E-state index contributed by atoms with van der Waals surface area (Å²) in [5.41, 5.74) is 0.786. The Balaban J connectivity index is 1.36. The van der Waals surface area contributed by atoms with Gasteiger partial charge in [-0.2, -0.15) is 0 Å². The number of rotatable bonds is 7. The number of hydrogen-bond donors (Lipinski definition) is 0. The summed E-state index contributed by atoms with van der Waals surface area (Å²) in [5.74, 6) is -0.275. The molecule has 5 heteroatoms. The van der Waals surface area contributed by atoms with E-state index in [1.807, 2.05) is 0 Å². The van der Waals surface area contributed by atoms with Crippen molar-refractivity contribution in [1.82, 2.24) is 0 Å². The molecule has 2 aliphatic rings. The van der Waals surface area contributed by atoms with Crippen molar-refractivity contribution < 1.29 is 18.3 Å². The van der Waals surface area contributed by atoms with Crippen LogP contribution in [0.2, 0.25) is 18.1 Å². The second kappa shape index (κ2) is 9.95. The van der Waals surface area contributed by atoms with Gasteiger partial charge in [-0.3, -0.25) is 0 Å². The Morgan fingerprint density at radius 3 is 2.42 bits per heavy atom. The molecule has 0 aromatic heterocycles. The van der Waals surface area contributed by atoms with Crippen molar-refractivity contribution in [2.24, 2.45) is 11.8 Å². The van der Waals surface area contributed by atoms with Crippen LogP contribution in [0.3, 0.4) is 0 Å². The molecule has 0 aliphatic carbocycles. The summed E-state index contributed by atoms with van der Waals surface area (Å²) < 4.78 is 38.1. The maximum absolute atomic E-state index is 13.3. The van der Waals surface area contributed by atoms with Crippen LogP contribution < -0.4 is 0 Å². The first-order valence-corrected chi connectivity index (χ1v) is 12.8. The van der Waals surface area contributed by atoms with E-state index in [2.05, 4.69) is 6.92 Å². The van der Waals surface area contributed by atoms with Gasteiger partial charge in [-0.1, -0.05) is 56.8 Å². The molecular weight excluding hydrogens is 350 g/mol. The maximum Gasteiger partial charge on any atom is 0.159 e. The summed E-state index contributed by atoms with van der Waals surface area (Å²) in [6.07, 6.45) is 6.62. The van der Waals surface area contributed by atoms with Crippen LogP contribution in [-0.4, -0.2) is 28.3 Å². The van der Waals surface area contributed by atoms with Crippen LogP contribution >= 0.6 is 0 Å². The molecule has 0 spiro atoms. The molecule has 0 atom stereocenters. The zero-order chi connectivity index (χ0) is 18.4.